The third-order valence-corrected chi connectivity index (χ3v) is 5.88. The predicted octanol–water partition coefficient (Wildman–Crippen LogP) is 3.74. The van der Waals surface area contributed by atoms with Gasteiger partial charge in [-0.1, -0.05) is 31.4 Å². The average molecular weight is 347 g/mol. The molecule has 0 radical (unpaired) electrons. The summed E-state index contributed by atoms with van der Waals surface area (Å²) in [6.45, 7) is 1.25. The van der Waals surface area contributed by atoms with E-state index in [2.05, 4.69) is 0 Å². The minimum absolute atomic E-state index is 0.146. The second kappa shape index (κ2) is 7.54. The topological polar surface area (TPSA) is 57.6 Å². The monoisotopic (exact) mass is 347 g/mol. The molecule has 2 fully saturated rings. The molecule has 0 unspecified atom stereocenters. The molecular formula is C20H26FNO3. The number of carboxylic acids is 1. The maximum absolute atomic E-state index is 13.4. The molecule has 1 heterocycles. The van der Waals surface area contributed by atoms with E-state index in [1.165, 1.54) is 12.1 Å². The van der Waals surface area contributed by atoms with E-state index in [0.29, 0.717) is 13.1 Å². The molecule has 1 N–H and O–H groups in total. The Hall–Kier alpha value is -1.91. The second-order valence-electron chi connectivity index (χ2n) is 7.48. The minimum atomic E-state index is -0.764. The first-order valence-electron chi connectivity index (χ1n) is 9.28. The number of carbonyl (C=O) groups is 2. The van der Waals surface area contributed by atoms with Crippen molar-refractivity contribution in [2.45, 2.75) is 56.8 Å². The van der Waals surface area contributed by atoms with Crippen LogP contribution in [0.4, 0.5) is 4.39 Å². The van der Waals surface area contributed by atoms with Crippen molar-refractivity contribution in [2.75, 3.05) is 13.1 Å². The third kappa shape index (κ3) is 3.86. The summed E-state index contributed by atoms with van der Waals surface area (Å²) in [5, 5.41) is 8.95. The zero-order valence-corrected chi connectivity index (χ0v) is 14.5. The normalized spacial score (nSPS) is 21.1. The highest BCUT2D eigenvalue weighted by Gasteiger charge is 2.44. The molecule has 1 saturated heterocycles. The van der Waals surface area contributed by atoms with Gasteiger partial charge in [-0.05, 0) is 49.3 Å². The lowest BCUT2D eigenvalue weighted by atomic mass is 9.68. The van der Waals surface area contributed by atoms with Gasteiger partial charge in [-0.25, -0.2) is 4.39 Å². The number of aliphatic carboxylic acids is 1. The lowest BCUT2D eigenvalue weighted by Gasteiger charge is -2.42. The zero-order valence-electron chi connectivity index (χ0n) is 14.5. The zero-order chi connectivity index (χ0) is 17.9. The van der Waals surface area contributed by atoms with E-state index >= 15 is 0 Å². The van der Waals surface area contributed by atoms with Crippen LogP contribution in [0.3, 0.4) is 0 Å². The van der Waals surface area contributed by atoms with Gasteiger partial charge in [0.25, 0.3) is 0 Å². The standard InChI is InChI=1S/C20H26FNO3/c21-17-6-4-16(5-7-17)20(10-2-1-3-11-20)19(25)22-12-8-15(9-13-22)14-18(23)24/h4-7,15H,1-3,8-14H2,(H,23,24). The van der Waals surface area contributed by atoms with E-state index in [4.69, 9.17) is 5.11 Å². The Morgan fingerprint density at radius 1 is 1.08 bits per heavy atom. The molecule has 25 heavy (non-hydrogen) atoms. The number of carboxylic acid groups (broad SMARTS) is 1. The molecule has 1 aromatic carbocycles. The number of halogens is 1. The summed E-state index contributed by atoms with van der Waals surface area (Å²) in [7, 11) is 0. The summed E-state index contributed by atoms with van der Waals surface area (Å²) in [6, 6.07) is 6.40. The molecule has 0 bridgehead atoms. The van der Waals surface area contributed by atoms with Gasteiger partial charge in [-0.2, -0.15) is 0 Å². The Morgan fingerprint density at radius 2 is 1.68 bits per heavy atom. The van der Waals surface area contributed by atoms with E-state index in [-0.39, 0.29) is 24.1 Å². The molecular weight excluding hydrogens is 321 g/mol. The van der Waals surface area contributed by atoms with Crippen molar-refractivity contribution in [3.63, 3.8) is 0 Å². The average Bonchev–Trinajstić information content (AvgIpc) is 2.62. The van der Waals surface area contributed by atoms with Crippen molar-refractivity contribution in [1.82, 2.24) is 4.90 Å². The molecule has 3 rings (SSSR count). The first-order chi connectivity index (χ1) is 12.0. The number of rotatable bonds is 4. The van der Waals surface area contributed by atoms with Gasteiger partial charge in [-0.3, -0.25) is 9.59 Å². The molecule has 1 saturated carbocycles. The van der Waals surface area contributed by atoms with E-state index in [0.717, 1.165) is 50.5 Å². The Kier molecular flexibility index (Phi) is 5.40. The predicted molar refractivity (Wildman–Crippen MR) is 92.7 cm³/mol. The highest BCUT2D eigenvalue weighted by Crippen LogP contribution is 2.41. The van der Waals surface area contributed by atoms with Crippen LogP contribution < -0.4 is 0 Å². The molecule has 2 aliphatic rings. The van der Waals surface area contributed by atoms with E-state index < -0.39 is 11.4 Å². The highest BCUT2D eigenvalue weighted by atomic mass is 19.1. The summed E-state index contributed by atoms with van der Waals surface area (Å²) < 4.78 is 13.3. The Balaban J connectivity index is 1.77. The summed E-state index contributed by atoms with van der Waals surface area (Å²) >= 11 is 0. The van der Waals surface area contributed by atoms with Crippen LogP contribution in [0.25, 0.3) is 0 Å². The van der Waals surface area contributed by atoms with Crippen LogP contribution in [0.1, 0.15) is 56.9 Å². The Bertz CT molecular complexity index is 614. The lowest BCUT2D eigenvalue weighted by molar-refractivity contribution is -0.141. The van der Waals surface area contributed by atoms with Crippen LogP contribution in [0, 0.1) is 11.7 Å². The number of nitrogens with zero attached hydrogens (tertiary/aromatic N) is 1. The van der Waals surface area contributed by atoms with E-state index in [1.54, 1.807) is 12.1 Å². The van der Waals surface area contributed by atoms with Gasteiger partial charge < -0.3 is 10.0 Å². The van der Waals surface area contributed by atoms with Gasteiger partial charge >= 0.3 is 5.97 Å². The molecule has 0 atom stereocenters. The lowest BCUT2D eigenvalue weighted by Crippen LogP contribution is -2.50. The Labute approximate surface area is 148 Å². The SMILES string of the molecule is O=C(O)CC1CCN(C(=O)C2(c3ccc(F)cc3)CCCCC2)CC1. The van der Waals surface area contributed by atoms with E-state index in [9.17, 15) is 14.0 Å². The Morgan fingerprint density at radius 3 is 2.24 bits per heavy atom. The molecule has 1 aliphatic heterocycles. The van der Waals surface area contributed by atoms with Gasteiger partial charge in [0.05, 0.1) is 5.41 Å². The molecule has 0 spiro atoms. The number of benzene rings is 1. The van der Waals surface area contributed by atoms with Crippen LogP contribution in [-0.4, -0.2) is 35.0 Å². The first-order valence-corrected chi connectivity index (χ1v) is 9.28. The van der Waals surface area contributed by atoms with Crippen molar-refractivity contribution in [3.8, 4) is 0 Å². The highest BCUT2D eigenvalue weighted by molar-refractivity contribution is 5.88. The summed E-state index contributed by atoms with van der Waals surface area (Å²) in [5.41, 5.74) is 0.386. The molecule has 5 heteroatoms. The number of likely N-dealkylation sites (tertiary alicyclic amines) is 1. The fourth-order valence-corrected chi connectivity index (χ4v) is 4.44. The van der Waals surface area contributed by atoms with Gasteiger partial charge in [-0.15, -0.1) is 0 Å². The number of amides is 1. The smallest absolute Gasteiger partial charge is 0.303 e. The quantitative estimate of drug-likeness (QED) is 0.903. The number of hydrogen-bond donors (Lipinski definition) is 1. The maximum atomic E-state index is 13.4. The van der Waals surface area contributed by atoms with Gasteiger partial charge in [0.15, 0.2) is 0 Å². The number of carbonyl (C=O) groups excluding carboxylic acids is 1. The largest absolute Gasteiger partial charge is 0.481 e. The first kappa shape index (κ1) is 17.9. The van der Waals surface area contributed by atoms with Crippen LogP contribution in [-0.2, 0) is 15.0 Å². The van der Waals surface area contributed by atoms with Gasteiger partial charge in [0, 0.05) is 19.5 Å². The molecule has 1 aliphatic carbocycles. The van der Waals surface area contributed by atoms with Crippen LogP contribution in [0.2, 0.25) is 0 Å². The maximum Gasteiger partial charge on any atom is 0.303 e. The molecule has 1 amide bonds. The number of hydrogen-bond acceptors (Lipinski definition) is 2. The summed E-state index contributed by atoms with van der Waals surface area (Å²) in [6.07, 6.45) is 6.47. The molecule has 4 nitrogen and oxygen atoms in total. The van der Waals surface area contributed by atoms with Crippen molar-refractivity contribution >= 4 is 11.9 Å². The fourth-order valence-electron chi connectivity index (χ4n) is 4.44. The van der Waals surface area contributed by atoms with Gasteiger partial charge in [0.2, 0.25) is 5.91 Å². The van der Waals surface area contributed by atoms with Crippen molar-refractivity contribution < 1.29 is 19.1 Å². The van der Waals surface area contributed by atoms with Gasteiger partial charge in [0.1, 0.15) is 5.82 Å². The van der Waals surface area contributed by atoms with Crippen LogP contribution in [0.5, 0.6) is 0 Å². The van der Waals surface area contributed by atoms with Crippen molar-refractivity contribution in [3.05, 3.63) is 35.6 Å². The molecule has 0 aromatic heterocycles. The second-order valence-corrected chi connectivity index (χ2v) is 7.48. The number of piperidine rings is 1. The van der Waals surface area contributed by atoms with E-state index in [1.807, 2.05) is 4.90 Å². The summed E-state index contributed by atoms with van der Waals surface area (Å²) in [4.78, 5) is 26.2. The van der Waals surface area contributed by atoms with Crippen LogP contribution in [0.15, 0.2) is 24.3 Å². The summed E-state index contributed by atoms with van der Waals surface area (Å²) in [5.74, 6) is -0.737. The molecule has 1 aromatic rings. The third-order valence-electron chi connectivity index (χ3n) is 5.88. The fraction of sp³-hybridized carbons (Fsp3) is 0.600. The van der Waals surface area contributed by atoms with Crippen molar-refractivity contribution in [2.24, 2.45) is 5.92 Å². The minimum Gasteiger partial charge on any atom is -0.481 e. The van der Waals surface area contributed by atoms with Crippen molar-refractivity contribution in [1.29, 1.82) is 0 Å². The molecule has 136 valence electrons. The van der Waals surface area contributed by atoms with Crippen LogP contribution >= 0.6 is 0 Å².